The van der Waals surface area contributed by atoms with Gasteiger partial charge in [-0.25, -0.2) is 37.6 Å². The van der Waals surface area contributed by atoms with E-state index < -0.39 is 175 Å². The Kier molecular flexibility index (Phi) is 35.3. The third-order valence-corrected chi connectivity index (χ3v) is 29.0. The molecule has 3 amide bonds. The molecule has 0 bridgehead atoms. The van der Waals surface area contributed by atoms with E-state index in [2.05, 4.69) is 77.2 Å². The number of benzene rings is 2. The van der Waals surface area contributed by atoms with Crippen molar-refractivity contribution < 1.29 is 158 Å². The van der Waals surface area contributed by atoms with Crippen LogP contribution in [0.15, 0.2) is 106 Å². The monoisotopic (exact) mass is 1960 g/mol. The number of phosphoric ester groups is 3. The van der Waals surface area contributed by atoms with Crippen molar-refractivity contribution >= 4 is 144 Å². The number of hydrogen-bond acceptors (Lipinski definition) is 32. The number of carbonyl (C=O) groups is 4. The quantitative estimate of drug-likeness (QED) is 0.00377. The average Bonchev–Trinajstić information content (AvgIpc) is 1.59. The summed E-state index contributed by atoms with van der Waals surface area (Å²) in [6, 6.07) is 7.83. The molecule has 4 aliphatic rings. The second-order valence-electron chi connectivity index (χ2n) is 29.8. The summed E-state index contributed by atoms with van der Waals surface area (Å²) >= 11 is 0. The third-order valence-electron chi connectivity index (χ3n) is 20.0. The molecule has 19 N–H and O–H groups in total. The van der Waals surface area contributed by atoms with E-state index in [1.807, 2.05) is 69.6 Å². The molecular formula is C72H96N12O34P5S4+. The number of carbonyl (C=O) groups excluding carboxylic acids is 4. The Balaban J connectivity index is 0.786. The predicted octanol–water partition coefficient (Wildman–Crippen LogP) is 4.32. The molecule has 55 heteroatoms. The minimum Gasteiger partial charge on any atom is -0.452 e. The number of ether oxygens (including phenoxy) is 3. The van der Waals surface area contributed by atoms with Gasteiger partial charge in [-0.15, -0.1) is 0 Å². The first-order chi connectivity index (χ1) is 59.3. The van der Waals surface area contributed by atoms with E-state index in [1.165, 1.54) is 56.6 Å². The Bertz CT molecular complexity index is 5780. The molecule has 10 atom stereocenters. The Hall–Kier alpha value is -7.78. The van der Waals surface area contributed by atoms with Crippen LogP contribution in [0.2, 0.25) is 0 Å². The van der Waals surface area contributed by atoms with Gasteiger partial charge in [0.05, 0.1) is 51.5 Å². The molecule has 3 aromatic heterocycles. The highest BCUT2D eigenvalue weighted by atomic mass is 33.1. The second-order valence-corrected chi connectivity index (χ2v) is 42.1. The number of phosphoric acid groups is 5. The number of aliphatic hydroxyl groups excluding tert-OH is 2. The lowest BCUT2D eigenvalue weighted by atomic mass is 9.81. The van der Waals surface area contributed by atoms with Crippen LogP contribution in [0.3, 0.4) is 0 Å². The molecule has 5 aromatic rings. The molecule has 127 heavy (non-hydrogen) atoms. The van der Waals surface area contributed by atoms with Gasteiger partial charge in [0.1, 0.15) is 72.9 Å². The van der Waals surface area contributed by atoms with Crippen LogP contribution in [-0.4, -0.2) is 227 Å². The fourth-order valence-electron chi connectivity index (χ4n) is 14.0. The van der Waals surface area contributed by atoms with Gasteiger partial charge in [0.2, 0.25) is 23.4 Å². The van der Waals surface area contributed by atoms with Gasteiger partial charge in [-0.2, -0.15) is 35.0 Å². The minimum absolute atomic E-state index is 0.00248. The first-order valence-corrected chi connectivity index (χ1v) is 51.6. The lowest BCUT2D eigenvalue weighted by Crippen LogP contribution is -2.48. The number of unbranched alkanes of at least 4 members (excludes halogenated alkanes) is 4. The van der Waals surface area contributed by atoms with Crippen molar-refractivity contribution in [2.45, 2.75) is 175 Å². The largest absolute Gasteiger partial charge is 0.490 e. The van der Waals surface area contributed by atoms with Crippen LogP contribution in [0.1, 0.15) is 140 Å². The van der Waals surface area contributed by atoms with Crippen LogP contribution in [-0.2, 0) is 109 Å². The molecule has 2 saturated heterocycles. The van der Waals surface area contributed by atoms with Crippen LogP contribution in [0.5, 0.6) is 0 Å². The number of nitrogens with two attached hydrogens (primary N) is 2. The number of nitrogens with zero attached hydrogens (tertiary/aromatic N) is 7. The number of hydrogen-bond donors (Lipinski definition) is 17. The van der Waals surface area contributed by atoms with Gasteiger partial charge in [0.15, 0.2) is 18.5 Å². The fourth-order valence-corrected chi connectivity index (χ4v) is 21.3. The van der Waals surface area contributed by atoms with Crippen LogP contribution < -0.4 is 38.0 Å². The van der Waals surface area contributed by atoms with E-state index in [9.17, 15) is 112 Å². The van der Waals surface area contributed by atoms with Crippen molar-refractivity contribution in [2.75, 3.05) is 73.9 Å². The Morgan fingerprint density at radius 3 is 2.05 bits per heavy atom. The van der Waals surface area contributed by atoms with Gasteiger partial charge in [-0.1, -0.05) is 83.8 Å². The SMILES string of the molecule is CCN1C(=CC=CC=CC2=[N+](CCCCCC(=O)NC(CSSCCCC(=O)OCC#Cc3cn(C4OC(COP(=O)(O)OP(=O)(O)OP(=O)(O)O)C(O)C4O)c4ncnc(N)c34)C(=O)NCCCCCC(=O)NCC#Cc3cn(C4CC(OP(=O)(O)O)C(COP(=O)(O)O)O4)c(=O)nc3N)c3ccc(S(=O)(=O)O)cc3C2(C)C)C(C)(C)c2cc(S(=O)(=O)O)ccc21. The topological polar surface area (TPSA) is 698 Å². The maximum Gasteiger partial charge on any atom is 0.490 e. The fraction of sp³-hybridized carbons (Fsp3) is 0.486. The lowest BCUT2D eigenvalue weighted by Gasteiger charge is -2.25. The van der Waals surface area contributed by atoms with Gasteiger partial charge < -0.3 is 100 Å². The van der Waals surface area contributed by atoms with Crippen molar-refractivity contribution in [3.05, 3.63) is 124 Å². The van der Waals surface area contributed by atoms with Gasteiger partial charge >= 0.3 is 50.8 Å². The van der Waals surface area contributed by atoms with Crippen molar-refractivity contribution in [3.8, 4) is 23.7 Å². The molecule has 696 valence electrons. The normalized spacial score (nSPS) is 20.8. The van der Waals surface area contributed by atoms with E-state index >= 15 is 0 Å². The highest BCUT2D eigenvalue weighted by Crippen LogP contribution is 2.66. The molecule has 10 unspecified atom stereocenters. The number of allylic oxidation sites excluding steroid dienone is 6. The molecular weight excluding hydrogens is 1860 g/mol. The number of amides is 3. The number of fused-ring (bicyclic) bond motifs is 3. The van der Waals surface area contributed by atoms with Crippen LogP contribution in [0, 0.1) is 23.7 Å². The molecule has 0 aliphatic carbocycles. The third kappa shape index (κ3) is 28.9. The van der Waals surface area contributed by atoms with Gasteiger partial charge in [0, 0.05) is 104 Å². The van der Waals surface area contributed by atoms with Crippen LogP contribution in [0.25, 0.3) is 11.0 Å². The number of rotatable bonds is 43. The van der Waals surface area contributed by atoms with Crippen molar-refractivity contribution in [1.82, 2.24) is 40.0 Å². The Morgan fingerprint density at radius 2 is 1.37 bits per heavy atom. The Morgan fingerprint density at radius 1 is 0.709 bits per heavy atom. The van der Waals surface area contributed by atoms with Crippen molar-refractivity contribution in [1.29, 1.82) is 0 Å². The highest BCUT2D eigenvalue weighted by Gasteiger charge is 2.50. The predicted molar refractivity (Wildman–Crippen MR) is 456 cm³/mol. The molecule has 7 heterocycles. The standard InChI is InChI=1S/C72H95N12O34P5S4/c1-6-81-51-28-26-46(126(105,106)107)35-48(51)71(2,3)56(81)21-10-7-11-22-57-72(4,5)49-36-47(127(108,109)110)27-29-52(49)82(57)32-15-9-13-24-59(86)79-50(68(90)76-30-14-8-12-23-58(85)75-31-16-19-45-39-83(70(91)80-65(45)73)60-37-53(116-120(95,96)97)54(114-60)40-112-119(92,93)94)42-125-124-34-18-25-61(87)111-33-17-20-44-38-84(67-62(44)66(74)77-43-78-67)69-64(89)63(88)55(115-69)41-113-122(101,102)118-123(103,104)117-121(98,99)100/h7,10-11,21-22,26-29,35-36,38-39,43,50,53-55,60,63-64,69,88-89H,6,8-9,12-15,18,23-25,30-34,37,40-42H2,1-5H3,(H16-,73,74,75,76,77,78,79,80,85,86,90,91,92,93,94,95,96,97,98,99,100,101,102,103,104,105,106,107,108,109,110)/p+1. The zero-order valence-corrected chi connectivity index (χ0v) is 76.1. The van der Waals surface area contributed by atoms with Crippen LogP contribution in [0.4, 0.5) is 23.0 Å². The molecule has 4 aliphatic heterocycles. The molecule has 46 nitrogen and oxygen atoms in total. The van der Waals surface area contributed by atoms with Crippen LogP contribution >= 0.6 is 60.7 Å². The number of likely N-dealkylation sites (N-methyl/N-ethyl adjacent to an activating group) is 1. The van der Waals surface area contributed by atoms with E-state index in [4.69, 9.17) is 40.0 Å². The van der Waals surface area contributed by atoms with Gasteiger partial charge in [-0.3, -0.25) is 46.4 Å². The van der Waals surface area contributed by atoms with E-state index in [0.29, 0.717) is 68.6 Å². The minimum atomic E-state index is -5.89. The van der Waals surface area contributed by atoms with Gasteiger partial charge in [-0.05, 0) is 94.8 Å². The van der Waals surface area contributed by atoms with Gasteiger partial charge in [0.25, 0.3) is 20.2 Å². The number of esters is 1. The molecule has 2 fully saturated rings. The summed E-state index contributed by atoms with van der Waals surface area (Å²) in [5.74, 6) is 8.86. The number of nitrogen functional groups attached to an aromatic ring is 2. The van der Waals surface area contributed by atoms with E-state index in [1.54, 1.807) is 12.1 Å². The zero-order chi connectivity index (χ0) is 93.6. The highest BCUT2D eigenvalue weighted by molar-refractivity contribution is 8.76. The summed E-state index contributed by atoms with van der Waals surface area (Å²) in [4.78, 5) is 154. The molecule has 9 rings (SSSR count). The summed E-state index contributed by atoms with van der Waals surface area (Å²) < 4.78 is 169. The molecule has 0 spiro atoms. The van der Waals surface area contributed by atoms with Crippen molar-refractivity contribution in [2.24, 2.45) is 0 Å². The smallest absolute Gasteiger partial charge is 0.452 e. The first kappa shape index (κ1) is 103. The number of aromatic nitrogens is 5. The summed E-state index contributed by atoms with van der Waals surface area (Å²) in [7, 11) is -34.0. The van der Waals surface area contributed by atoms with E-state index in [-0.39, 0.29) is 88.1 Å². The maximum absolute atomic E-state index is 13.9. The first-order valence-electron chi connectivity index (χ1n) is 38.6. The molecule has 0 radical (unpaired) electrons. The van der Waals surface area contributed by atoms with E-state index in [0.717, 1.165) is 39.8 Å². The summed E-state index contributed by atoms with van der Waals surface area (Å²) in [5.41, 5.74) is 14.3. The number of aliphatic hydroxyl groups is 2. The summed E-state index contributed by atoms with van der Waals surface area (Å²) in [5, 5.41) is 30.3. The average molecular weight is 1960 g/mol. The maximum atomic E-state index is 13.9. The lowest BCUT2D eigenvalue weighted by molar-refractivity contribution is -0.438. The summed E-state index contributed by atoms with van der Waals surface area (Å²) in [6.45, 7) is 8.22. The van der Waals surface area contributed by atoms with Crippen molar-refractivity contribution in [3.63, 3.8) is 0 Å². The summed E-state index contributed by atoms with van der Waals surface area (Å²) in [6.07, 6.45) is 4.17. The zero-order valence-electron chi connectivity index (χ0n) is 68.3. The number of anilines is 3. The second kappa shape index (κ2) is 43.5. The molecule has 0 saturated carbocycles. The number of nitrogens with one attached hydrogen (secondary N) is 3. The molecule has 2 aromatic carbocycles. The Labute approximate surface area is 734 Å².